The standard InChI is InChI=1S/C14H15N3O3/c1-19-14-10(5-4-8-16-14)9-20-12-7-3-2-6-11(12)13(15)17-18/h2-8,18H,9H2,1H3,(H2,15,17). The molecule has 0 saturated heterocycles. The second-order valence-corrected chi connectivity index (χ2v) is 3.94. The first-order chi connectivity index (χ1) is 9.76. The van der Waals surface area contributed by atoms with Crippen LogP contribution in [0.15, 0.2) is 47.8 Å². The average molecular weight is 273 g/mol. The number of rotatable bonds is 5. The molecule has 0 aliphatic rings. The number of nitrogens with zero attached hydrogens (tertiary/aromatic N) is 2. The van der Waals surface area contributed by atoms with Crippen LogP contribution in [-0.4, -0.2) is 23.1 Å². The van der Waals surface area contributed by atoms with Gasteiger partial charge in [-0.3, -0.25) is 0 Å². The zero-order valence-electron chi connectivity index (χ0n) is 11.0. The predicted molar refractivity (Wildman–Crippen MR) is 74.1 cm³/mol. The number of oxime groups is 1. The summed E-state index contributed by atoms with van der Waals surface area (Å²) in [5.74, 6) is 1.03. The maximum atomic E-state index is 8.76. The lowest BCUT2D eigenvalue weighted by atomic mass is 10.2. The van der Waals surface area contributed by atoms with Gasteiger partial charge in [0.1, 0.15) is 12.4 Å². The number of methoxy groups -OCH3 is 1. The number of benzene rings is 1. The van der Waals surface area contributed by atoms with Gasteiger partial charge in [-0.25, -0.2) is 4.98 Å². The first-order valence-corrected chi connectivity index (χ1v) is 5.94. The van der Waals surface area contributed by atoms with Crippen molar-refractivity contribution in [2.24, 2.45) is 10.9 Å². The van der Waals surface area contributed by atoms with E-state index in [1.807, 2.05) is 12.1 Å². The summed E-state index contributed by atoms with van der Waals surface area (Å²) < 4.78 is 10.8. The first kappa shape index (κ1) is 13.7. The molecule has 0 saturated carbocycles. The van der Waals surface area contributed by atoms with Crippen LogP contribution in [0.1, 0.15) is 11.1 Å². The van der Waals surface area contributed by atoms with Gasteiger partial charge in [0.15, 0.2) is 5.84 Å². The van der Waals surface area contributed by atoms with Gasteiger partial charge in [-0.1, -0.05) is 17.3 Å². The van der Waals surface area contributed by atoms with E-state index >= 15 is 0 Å². The van der Waals surface area contributed by atoms with Crippen molar-refractivity contribution < 1.29 is 14.7 Å². The van der Waals surface area contributed by atoms with Crippen LogP contribution >= 0.6 is 0 Å². The van der Waals surface area contributed by atoms with Crippen molar-refractivity contribution in [1.82, 2.24) is 4.98 Å². The number of pyridine rings is 1. The zero-order chi connectivity index (χ0) is 14.4. The number of amidine groups is 1. The highest BCUT2D eigenvalue weighted by atomic mass is 16.5. The van der Waals surface area contributed by atoms with Gasteiger partial charge in [0.2, 0.25) is 5.88 Å². The molecule has 1 aromatic carbocycles. The molecule has 104 valence electrons. The second kappa shape index (κ2) is 6.42. The fourth-order valence-corrected chi connectivity index (χ4v) is 1.73. The fourth-order valence-electron chi connectivity index (χ4n) is 1.73. The van der Waals surface area contributed by atoms with Crippen LogP contribution in [0.2, 0.25) is 0 Å². The lowest BCUT2D eigenvalue weighted by Crippen LogP contribution is -2.14. The lowest BCUT2D eigenvalue weighted by molar-refractivity contribution is 0.292. The van der Waals surface area contributed by atoms with Crippen LogP contribution in [-0.2, 0) is 6.61 Å². The Kier molecular flexibility index (Phi) is 4.39. The fraction of sp³-hybridized carbons (Fsp3) is 0.143. The SMILES string of the molecule is COc1ncccc1COc1ccccc1/C(N)=N/O. The highest BCUT2D eigenvalue weighted by Crippen LogP contribution is 2.21. The summed E-state index contributed by atoms with van der Waals surface area (Å²) in [4.78, 5) is 4.09. The van der Waals surface area contributed by atoms with E-state index in [1.165, 1.54) is 0 Å². The summed E-state index contributed by atoms with van der Waals surface area (Å²) in [5, 5.41) is 11.7. The van der Waals surface area contributed by atoms with Crippen molar-refractivity contribution in [3.63, 3.8) is 0 Å². The van der Waals surface area contributed by atoms with Crippen LogP contribution in [0.25, 0.3) is 0 Å². The van der Waals surface area contributed by atoms with Crippen molar-refractivity contribution >= 4 is 5.84 Å². The molecule has 1 aromatic heterocycles. The molecule has 0 spiro atoms. The summed E-state index contributed by atoms with van der Waals surface area (Å²) >= 11 is 0. The van der Waals surface area contributed by atoms with Gasteiger partial charge in [-0.05, 0) is 24.3 Å². The quantitative estimate of drug-likeness (QED) is 0.375. The van der Waals surface area contributed by atoms with E-state index in [-0.39, 0.29) is 12.4 Å². The van der Waals surface area contributed by atoms with E-state index in [0.29, 0.717) is 17.2 Å². The third-order valence-corrected chi connectivity index (χ3v) is 2.70. The van der Waals surface area contributed by atoms with Crippen molar-refractivity contribution in [3.8, 4) is 11.6 Å². The third kappa shape index (κ3) is 2.97. The van der Waals surface area contributed by atoms with Gasteiger partial charge < -0.3 is 20.4 Å². The van der Waals surface area contributed by atoms with E-state index < -0.39 is 0 Å². The van der Waals surface area contributed by atoms with Gasteiger partial charge in [0, 0.05) is 6.20 Å². The van der Waals surface area contributed by atoms with Crippen LogP contribution in [0.4, 0.5) is 0 Å². The van der Waals surface area contributed by atoms with Crippen LogP contribution in [0, 0.1) is 0 Å². The molecule has 2 rings (SSSR count). The molecule has 6 heteroatoms. The highest BCUT2D eigenvalue weighted by molar-refractivity contribution is 5.99. The van der Waals surface area contributed by atoms with Crippen LogP contribution < -0.4 is 15.2 Å². The van der Waals surface area contributed by atoms with Crippen molar-refractivity contribution in [1.29, 1.82) is 0 Å². The lowest BCUT2D eigenvalue weighted by Gasteiger charge is -2.11. The van der Waals surface area contributed by atoms with E-state index in [2.05, 4.69) is 10.1 Å². The Balaban J connectivity index is 2.19. The second-order valence-electron chi connectivity index (χ2n) is 3.94. The van der Waals surface area contributed by atoms with E-state index in [0.717, 1.165) is 5.56 Å². The Morgan fingerprint density at radius 2 is 2.10 bits per heavy atom. The molecule has 2 aromatic rings. The molecule has 0 unspecified atom stereocenters. The molecule has 6 nitrogen and oxygen atoms in total. The molecule has 0 fully saturated rings. The summed E-state index contributed by atoms with van der Waals surface area (Å²) in [6.45, 7) is 0.271. The largest absolute Gasteiger partial charge is 0.488 e. The Morgan fingerprint density at radius 1 is 1.30 bits per heavy atom. The number of para-hydroxylation sites is 1. The van der Waals surface area contributed by atoms with E-state index in [9.17, 15) is 0 Å². The minimum atomic E-state index is -0.00116. The number of hydrogen-bond acceptors (Lipinski definition) is 5. The Hall–Kier alpha value is -2.76. The third-order valence-electron chi connectivity index (χ3n) is 2.70. The first-order valence-electron chi connectivity index (χ1n) is 5.94. The number of aromatic nitrogens is 1. The summed E-state index contributed by atoms with van der Waals surface area (Å²) in [7, 11) is 1.55. The number of hydrogen-bond donors (Lipinski definition) is 2. The van der Waals surface area contributed by atoms with Gasteiger partial charge in [0.05, 0.1) is 18.2 Å². The number of nitrogens with two attached hydrogens (primary N) is 1. The number of ether oxygens (including phenoxy) is 2. The summed E-state index contributed by atoms with van der Waals surface area (Å²) in [5.41, 5.74) is 6.94. The predicted octanol–water partition coefficient (Wildman–Crippen LogP) is 1.76. The Labute approximate surface area is 116 Å². The van der Waals surface area contributed by atoms with Crippen molar-refractivity contribution in [3.05, 3.63) is 53.7 Å². The van der Waals surface area contributed by atoms with Gasteiger partial charge >= 0.3 is 0 Å². The molecule has 0 bridgehead atoms. The van der Waals surface area contributed by atoms with E-state index in [4.69, 9.17) is 20.4 Å². The Bertz CT molecular complexity index is 614. The molecule has 0 amide bonds. The molecule has 3 N–H and O–H groups in total. The maximum Gasteiger partial charge on any atom is 0.219 e. The van der Waals surface area contributed by atoms with Crippen molar-refractivity contribution in [2.75, 3.05) is 7.11 Å². The van der Waals surface area contributed by atoms with Gasteiger partial charge in [-0.2, -0.15) is 0 Å². The molecule has 20 heavy (non-hydrogen) atoms. The van der Waals surface area contributed by atoms with Crippen LogP contribution in [0.5, 0.6) is 11.6 Å². The smallest absolute Gasteiger partial charge is 0.219 e. The maximum absolute atomic E-state index is 8.76. The minimum Gasteiger partial charge on any atom is -0.488 e. The molecule has 0 atom stereocenters. The molecule has 0 aliphatic carbocycles. The summed E-state index contributed by atoms with van der Waals surface area (Å²) in [6, 6.07) is 10.7. The van der Waals surface area contributed by atoms with Gasteiger partial charge in [-0.15, -0.1) is 0 Å². The normalized spacial score (nSPS) is 11.2. The minimum absolute atomic E-state index is 0.00116. The monoisotopic (exact) mass is 273 g/mol. The average Bonchev–Trinajstić information content (AvgIpc) is 2.52. The van der Waals surface area contributed by atoms with Crippen molar-refractivity contribution in [2.45, 2.75) is 6.61 Å². The summed E-state index contributed by atoms with van der Waals surface area (Å²) in [6.07, 6.45) is 1.65. The molecular weight excluding hydrogens is 258 g/mol. The molecule has 0 aliphatic heterocycles. The van der Waals surface area contributed by atoms with E-state index in [1.54, 1.807) is 37.6 Å². The molecular formula is C14H15N3O3. The Morgan fingerprint density at radius 3 is 2.85 bits per heavy atom. The molecule has 1 heterocycles. The van der Waals surface area contributed by atoms with Crippen LogP contribution in [0.3, 0.4) is 0 Å². The van der Waals surface area contributed by atoms with Gasteiger partial charge in [0.25, 0.3) is 0 Å². The topological polar surface area (TPSA) is 90.0 Å². The highest BCUT2D eigenvalue weighted by Gasteiger charge is 2.09. The molecule has 0 radical (unpaired) electrons. The zero-order valence-corrected chi connectivity index (χ0v) is 11.0.